The molecule has 0 aliphatic rings. The quantitative estimate of drug-likeness (QED) is 0.0965. The van der Waals surface area contributed by atoms with Crippen LogP contribution in [0.25, 0.3) is 10.6 Å². The lowest BCUT2D eigenvalue weighted by Crippen LogP contribution is -2.16. The molecule has 3 N–H and O–H groups in total. The second-order valence-electron chi connectivity index (χ2n) is 13.2. The van der Waals surface area contributed by atoms with Crippen molar-refractivity contribution in [3.63, 3.8) is 0 Å². The van der Waals surface area contributed by atoms with E-state index in [1.54, 1.807) is 72.8 Å². The van der Waals surface area contributed by atoms with Crippen molar-refractivity contribution in [2.45, 2.75) is 22.2 Å². The van der Waals surface area contributed by atoms with Crippen molar-refractivity contribution in [3.8, 4) is 10.6 Å². The van der Waals surface area contributed by atoms with Crippen LogP contribution in [0.2, 0.25) is 10.0 Å². The average molecular weight is 941 g/mol. The number of nitrogens with zero attached hydrogens (tertiary/aromatic N) is 2. The van der Waals surface area contributed by atoms with Crippen molar-refractivity contribution >= 4 is 83.2 Å². The van der Waals surface area contributed by atoms with E-state index in [0.717, 1.165) is 36.7 Å². The van der Waals surface area contributed by atoms with Gasteiger partial charge in [0.25, 0.3) is 20.0 Å². The molecule has 0 saturated carbocycles. The van der Waals surface area contributed by atoms with Gasteiger partial charge in [-0.05, 0) is 85.8 Å². The number of thiophene rings is 1. The number of alkyl halides is 3. The van der Waals surface area contributed by atoms with Crippen molar-refractivity contribution in [3.05, 3.63) is 178 Å². The summed E-state index contributed by atoms with van der Waals surface area (Å²) in [6.45, 7) is 2.69. The molecular weight excluding hydrogens is 907 g/mol. The summed E-state index contributed by atoms with van der Waals surface area (Å²) in [7, 11) is -6.88. The summed E-state index contributed by atoms with van der Waals surface area (Å²) in [6, 6.07) is 35.5. The zero-order chi connectivity index (χ0) is 44.8. The molecule has 0 bridgehead atoms. The Morgan fingerprint density at radius 1 is 0.677 bits per heavy atom. The van der Waals surface area contributed by atoms with Crippen LogP contribution < -0.4 is 14.8 Å². The zero-order valence-electron chi connectivity index (χ0n) is 32.4. The monoisotopic (exact) mass is 939 g/mol. The Morgan fingerprint density at radius 2 is 1.18 bits per heavy atom. The highest BCUT2D eigenvalue weighted by Crippen LogP contribution is 2.36. The standard InChI is InChI=1S/C22H15ClF3N3O3S2.C21H19ClN2O3S/c1-29-19(22(24,25)26)12-17(27-29)18-9-10-20(33-18)34(31,32)28-16-8-7-14(23)11-15(16)21(30)13-5-3-2-4-6-13;1-2-23-17-9-11-18(12-10-17)28(26,27)24-20-13-8-16(22)14-19(20)21(25)15-6-4-3-5-7-15/h2-12,28H,1H3;3-14,23-24H,2H2,1H3. The van der Waals surface area contributed by atoms with Crippen LogP contribution >= 0.6 is 34.5 Å². The fourth-order valence-corrected chi connectivity index (χ4v) is 9.65. The van der Waals surface area contributed by atoms with E-state index in [1.165, 1.54) is 60.7 Å². The normalized spacial score (nSPS) is 11.6. The van der Waals surface area contributed by atoms with Crippen molar-refractivity contribution in [1.82, 2.24) is 9.78 Å². The summed E-state index contributed by atoms with van der Waals surface area (Å²) >= 11 is 12.8. The third kappa shape index (κ3) is 10.9. The van der Waals surface area contributed by atoms with Crippen molar-refractivity contribution < 1.29 is 39.6 Å². The average Bonchev–Trinajstić information content (AvgIpc) is 3.91. The van der Waals surface area contributed by atoms with Gasteiger partial charge in [-0.1, -0.05) is 83.9 Å². The Hall–Kier alpha value is -5.98. The van der Waals surface area contributed by atoms with Crippen LogP contribution in [0.4, 0.5) is 30.2 Å². The Balaban J connectivity index is 0.000000211. The molecule has 11 nitrogen and oxygen atoms in total. The van der Waals surface area contributed by atoms with Gasteiger partial charge in [-0.3, -0.25) is 23.7 Å². The number of rotatable bonds is 13. The minimum Gasteiger partial charge on any atom is -0.385 e. The number of benzene rings is 5. The highest BCUT2D eigenvalue weighted by Gasteiger charge is 2.35. The van der Waals surface area contributed by atoms with Gasteiger partial charge in [-0.25, -0.2) is 16.8 Å². The maximum atomic E-state index is 13.1. The molecule has 62 heavy (non-hydrogen) atoms. The molecule has 2 aromatic heterocycles. The molecule has 5 aromatic carbocycles. The lowest BCUT2D eigenvalue weighted by molar-refractivity contribution is -0.143. The third-order valence-corrected chi connectivity index (χ3v) is 13.6. The van der Waals surface area contributed by atoms with Crippen LogP contribution in [-0.2, 0) is 33.3 Å². The molecule has 19 heteroatoms. The van der Waals surface area contributed by atoms with Crippen molar-refractivity contribution in [2.75, 3.05) is 21.3 Å². The van der Waals surface area contributed by atoms with E-state index in [2.05, 4.69) is 19.9 Å². The molecule has 0 aliphatic carbocycles. The van der Waals surface area contributed by atoms with Crippen LogP contribution in [0.15, 0.2) is 149 Å². The molecule has 0 radical (unpaired) electrons. The first-order valence-corrected chi connectivity index (χ1v) is 22.8. The maximum Gasteiger partial charge on any atom is 0.433 e. The topological polar surface area (TPSA) is 156 Å². The zero-order valence-corrected chi connectivity index (χ0v) is 36.4. The van der Waals surface area contributed by atoms with Gasteiger partial charge in [0.1, 0.15) is 15.6 Å². The molecule has 7 aromatic rings. The maximum absolute atomic E-state index is 13.1. The number of aryl methyl sites for hydroxylation is 1. The van der Waals surface area contributed by atoms with Crippen LogP contribution in [0, 0.1) is 0 Å². The van der Waals surface area contributed by atoms with E-state index < -0.39 is 37.7 Å². The van der Waals surface area contributed by atoms with E-state index in [4.69, 9.17) is 23.2 Å². The number of aromatic nitrogens is 2. The van der Waals surface area contributed by atoms with E-state index in [0.29, 0.717) is 20.8 Å². The summed E-state index contributed by atoms with van der Waals surface area (Å²) < 4.78 is 96.3. The van der Waals surface area contributed by atoms with E-state index >= 15 is 0 Å². The number of sulfonamides is 2. The number of hydrogen-bond acceptors (Lipinski definition) is 9. The molecule has 2 heterocycles. The molecule has 0 aliphatic heterocycles. The smallest absolute Gasteiger partial charge is 0.385 e. The van der Waals surface area contributed by atoms with Gasteiger partial charge < -0.3 is 5.32 Å². The van der Waals surface area contributed by atoms with Gasteiger partial charge in [-0.2, -0.15) is 18.3 Å². The number of hydrogen-bond donors (Lipinski definition) is 3. The Kier molecular flexibility index (Phi) is 13.9. The lowest BCUT2D eigenvalue weighted by atomic mass is 10.0. The van der Waals surface area contributed by atoms with E-state index in [1.807, 2.05) is 6.92 Å². The number of carbonyl (C=O) groups is 2. The predicted octanol–water partition coefficient (Wildman–Crippen LogP) is 10.7. The number of nitrogens with one attached hydrogen (secondary N) is 3. The van der Waals surface area contributed by atoms with E-state index in [9.17, 15) is 39.6 Å². The summed E-state index contributed by atoms with van der Waals surface area (Å²) in [6.07, 6.45) is -4.59. The van der Waals surface area contributed by atoms with Gasteiger partial charge in [0, 0.05) is 51.6 Å². The first kappa shape index (κ1) is 45.5. The van der Waals surface area contributed by atoms with Gasteiger partial charge in [0.2, 0.25) is 0 Å². The molecule has 0 unspecified atom stereocenters. The summed E-state index contributed by atoms with van der Waals surface area (Å²) in [4.78, 5) is 26.1. The summed E-state index contributed by atoms with van der Waals surface area (Å²) in [5.74, 6) is -0.746. The fourth-order valence-electron chi connectivity index (χ4n) is 5.89. The Labute approximate surface area is 369 Å². The number of carbonyl (C=O) groups excluding carboxylic acids is 2. The van der Waals surface area contributed by atoms with Crippen LogP contribution in [0.1, 0.15) is 44.5 Å². The third-order valence-electron chi connectivity index (χ3n) is 8.83. The second-order valence-corrected chi connectivity index (χ2v) is 18.7. The Bertz CT molecular complexity index is 2970. The first-order chi connectivity index (χ1) is 29.4. The minimum atomic E-state index is -4.59. The highest BCUT2D eigenvalue weighted by atomic mass is 35.5. The summed E-state index contributed by atoms with van der Waals surface area (Å²) in [5, 5.41) is 7.54. The minimum absolute atomic E-state index is 0.00675. The molecule has 0 amide bonds. The second kappa shape index (κ2) is 19.0. The van der Waals surface area contributed by atoms with Crippen LogP contribution in [0.5, 0.6) is 0 Å². The number of ketones is 2. The van der Waals surface area contributed by atoms with Crippen molar-refractivity contribution in [2.24, 2.45) is 7.05 Å². The van der Waals surface area contributed by atoms with Gasteiger partial charge >= 0.3 is 6.18 Å². The number of anilines is 3. The molecule has 7 rings (SSSR count). The molecule has 320 valence electrons. The Morgan fingerprint density at radius 3 is 1.65 bits per heavy atom. The lowest BCUT2D eigenvalue weighted by Gasteiger charge is -2.13. The highest BCUT2D eigenvalue weighted by molar-refractivity contribution is 7.94. The first-order valence-electron chi connectivity index (χ1n) is 18.3. The summed E-state index contributed by atoms with van der Waals surface area (Å²) in [5.41, 5.74) is 1.09. The van der Waals surface area contributed by atoms with Gasteiger partial charge in [0.15, 0.2) is 11.6 Å². The van der Waals surface area contributed by atoms with Crippen LogP contribution in [-0.4, -0.2) is 44.7 Å². The molecule has 0 atom stereocenters. The van der Waals surface area contributed by atoms with Gasteiger partial charge in [0.05, 0.1) is 21.1 Å². The predicted molar refractivity (Wildman–Crippen MR) is 236 cm³/mol. The molecule has 0 saturated heterocycles. The molecule has 0 fully saturated rings. The van der Waals surface area contributed by atoms with E-state index in [-0.39, 0.29) is 53.0 Å². The molecular formula is C43H34Cl2F3N5O6S3. The van der Waals surface area contributed by atoms with Gasteiger partial charge in [-0.15, -0.1) is 11.3 Å². The largest absolute Gasteiger partial charge is 0.433 e. The number of halogens is 5. The fraction of sp³-hybridized carbons (Fsp3) is 0.0930. The van der Waals surface area contributed by atoms with Crippen LogP contribution in [0.3, 0.4) is 0 Å². The van der Waals surface area contributed by atoms with Crippen molar-refractivity contribution in [1.29, 1.82) is 0 Å². The SMILES string of the molecule is CCNc1ccc(S(=O)(=O)Nc2ccc(Cl)cc2C(=O)c2ccccc2)cc1.Cn1nc(-c2ccc(S(=O)(=O)Nc3ccc(Cl)cc3C(=O)c3ccccc3)s2)cc1C(F)(F)F. The molecule has 0 spiro atoms.